The maximum atomic E-state index is 13.0. The van der Waals surface area contributed by atoms with Crippen molar-refractivity contribution in [3.05, 3.63) is 53.1 Å². The molecular formula is C25H32N4O. The molecule has 2 heterocycles. The van der Waals surface area contributed by atoms with Crippen molar-refractivity contribution in [2.75, 3.05) is 0 Å². The van der Waals surface area contributed by atoms with Gasteiger partial charge in [-0.1, -0.05) is 18.2 Å². The first-order valence-corrected chi connectivity index (χ1v) is 10.7. The van der Waals surface area contributed by atoms with Gasteiger partial charge in [-0.3, -0.25) is 4.79 Å². The molecule has 0 saturated carbocycles. The number of hydrogen-bond acceptors (Lipinski definition) is 3. The van der Waals surface area contributed by atoms with E-state index in [-0.39, 0.29) is 23.0 Å². The first-order valence-electron chi connectivity index (χ1n) is 10.7. The molecule has 3 N–H and O–H groups in total. The molecule has 5 nitrogen and oxygen atoms in total. The smallest absolute Gasteiger partial charge is 0.251 e. The van der Waals surface area contributed by atoms with Gasteiger partial charge in [-0.15, -0.1) is 0 Å². The summed E-state index contributed by atoms with van der Waals surface area (Å²) in [7, 11) is 0. The van der Waals surface area contributed by atoms with E-state index in [1.807, 2.05) is 37.3 Å². The maximum absolute atomic E-state index is 13.0. The van der Waals surface area contributed by atoms with Crippen molar-refractivity contribution < 1.29 is 4.79 Å². The van der Waals surface area contributed by atoms with Crippen molar-refractivity contribution in [2.45, 2.75) is 71.5 Å². The van der Waals surface area contributed by atoms with Crippen LogP contribution in [0.4, 0.5) is 0 Å². The van der Waals surface area contributed by atoms with Crippen molar-refractivity contribution in [1.29, 1.82) is 0 Å². The van der Waals surface area contributed by atoms with E-state index in [2.05, 4.69) is 56.3 Å². The molecule has 1 aliphatic heterocycles. The normalized spacial score (nSPS) is 18.5. The van der Waals surface area contributed by atoms with Crippen LogP contribution in [0.1, 0.15) is 62.0 Å². The van der Waals surface area contributed by atoms with Gasteiger partial charge < -0.3 is 15.6 Å². The molecule has 0 spiro atoms. The predicted molar refractivity (Wildman–Crippen MR) is 123 cm³/mol. The Hall–Kier alpha value is -2.66. The molecule has 1 aliphatic rings. The number of para-hydroxylation sites is 1. The van der Waals surface area contributed by atoms with Gasteiger partial charge in [0, 0.05) is 28.2 Å². The Morgan fingerprint density at radius 3 is 2.37 bits per heavy atom. The molecule has 1 aromatic heterocycles. The van der Waals surface area contributed by atoms with Crippen LogP contribution in [0.5, 0.6) is 0 Å². The topological polar surface area (TPSA) is 69.8 Å². The van der Waals surface area contributed by atoms with E-state index in [9.17, 15) is 4.79 Å². The molecule has 5 heteroatoms. The molecule has 0 bridgehead atoms. The van der Waals surface area contributed by atoms with Crippen LogP contribution in [0.3, 0.4) is 0 Å². The van der Waals surface area contributed by atoms with Crippen molar-refractivity contribution in [2.24, 2.45) is 0 Å². The largest absolute Gasteiger partial charge is 0.349 e. The number of aromatic nitrogens is 2. The highest BCUT2D eigenvalue weighted by molar-refractivity contribution is 5.95. The fourth-order valence-corrected chi connectivity index (χ4v) is 5.07. The Balaban J connectivity index is 1.55. The van der Waals surface area contributed by atoms with Crippen LogP contribution in [0, 0.1) is 13.8 Å². The summed E-state index contributed by atoms with van der Waals surface area (Å²) < 4.78 is 0. The van der Waals surface area contributed by atoms with E-state index in [0.717, 1.165) is 46.4 Å². The highest BCUT2D eigenvalue weighted by atomic mass is 16.1. The highest BCUT2D eigenvalue weighted by Gasteiger charge is 2.38. The van der Waals surface area contributed by atoms with E-state index in [4.69, 9.17) is 4.98 Å². The lowest BCUT2D eigenvalue weighted by atomic mass is 9.79. The van der Waals surface area contributed by atoms with Gasteiger partial charge in [0.25, 0.3) is 5.91 Å². The Kier molecular flexibility index (Phi) is 4.97. The number of nitrogens with zero attached hydrogens (tertiary/aromatic N) is 1. The van der Waals surface area contributed by atoms with Crippen LogP contribution in [0.25, 0.3) is 22.4 Å². The van der Waals surface area contributed by atoms with Crippen LogP contribution >= 0.6 is 0 Å². The molecule has 0 atom stereocenters. The second-order valence-electron chi connectivity index (χ2n) is 10.1. The lowest BCUT2D eigenvalue weighted by Crippen LogP contribution is -2.62. The number of amides is 1. The van der Waals surface area contributed by atoms with E-state index >= 15 is 0 Å². The first kappa shape index (κ1) is 20.6. The molecule has 0 radical (unpaired) electrons. The molecule has 1 saturated heterocycles. The average Bonchev–Trinajstić information content (AvgIpc) is 3.04. The fraction of sp³-hybridized carbons (Fsp3) is 0.440. The van der Waals surface area contributed by atoms with E-state index < -0.39 is 0 Å². The van der Waals surface area contributed by atoms with Crippen LogP contribution in [0.15, 0.2) is 36.4 Å². The molecular weight excluding hydrogens is 372 g/mol. The molecule has 2 aromatic carbocycles. The number of carbonyl (C=O) groups is 1. The summed E-state index contributed by atoms with van der Waals surface area (Å²) in [5, 5.41) is 6.92. The summed E-state index contributed by atoms with van der Waals surface area (Å²) in [5.74, 6) is 0.828. The predicted octanol–water partition coefficient (Wildman–Crippen LogP) is 4.89. The number of hydrogen-bond donors (Lipinski definition) is 3. The summed E-state index contributed by atoms with van der Waals surface area (Å²) in [6, 6.07) is 12.1. The summed E-state index contributed by atoms with van der Waals surface area (Å²) in [4.78, 5) is 21.2. The molecule has 4 rings (SSSR count). The van der Waals surface area contributed by atoms with E-state index in [1.165, 1.54) is 0 Å². The average molecular weight is 405 g/mol. The van der Waals surface area contributed by atoms with Crippen molar-refractivity contribution >= 4 is 16.9 Å². The van der Waals surface area contributed by atoms with Gasteiger partial charge in [-0.25, -0.2) is 4.98 Å². The minimum Gasteiger partial charge on any atom is -0.349 e. The number of aryl methyl sites for hydroxylation is 2. The second-order valence-corrected chi connectivity index (χ2v) is 10.1. The first-order chi connectivity index (χ1) is 14.0. The third-order valence-corrected chi connectivity index (χ3v) is 5.98. The van der Waals surface area contributed by atoms with Gasteiger partial charge in [0.2, 0.25) is 0 Å². The monoisotopic (exact) mass is 404 g/mol. The Morgan fingerprint density at radius 1 is 1.03 bits per heavy atom. The van der Waals surface area contributed by atoms with Crippen molar-refractivity contribution in [3.63, 3.8) is 0 Å². The number of imidazole rings is 1. The Bertz CT molecular complexity index is 1090. The number of rotatable bonds is 3. The molecule has 0 aliphatic carbocycles. The van der Waals surface area contributed by atoms with Crippen LogP contribution in [-0.2, 0) is 0 Å². The molecule has 158 valence electrons. The zero-order chi connectivity index (χ0) is 21.7. The SMILES string of the molecule is Cc1cc(C(=O)NC2CC(C)(C)NC(C)(C)C2)ccc1-c1nc2c(C)cccc2[nH]1. The zero-order valence-corrected chi connectivity index (χ0v) is 18.8. The number of nitrogens with one attached hydrogen (secondary N) is 3. The number of carbonyl (C=O) groups excluding carboxylic acids is 1. The molecule has 1 amide bonds. The molecule has 1 fully saturated rings. The number of aromatic amines is 1. The minimum absolute atomic E-state index is 0.00110. The second kappa shape index (κ2) is 7.24. The van der Waals surface area contributed by atoms with Gasteiger partial charge in [-0.2, -0.15) is 0 Å². The molecule has 30 heavy (non-hydrogen) atoms. The summed E-state index contributed by atoms with van der Waals surface area (Å²) >= 11 is 0. The molecule has 3 aromatic rings. The zero-order valence-electron chi connectivity index (χ0n) is 18.8. The van der Waals surface area contributed by atoms with Crippen LogP contribution in [0.2, 0.25) is 0 Å². The highest BCUT2D eigenvalue weighted by Crippen LogP contribution is 2.29. The summed E-state index contributed by atoms with van der Waals surface area (Å²) in [6.07, 6.45) is 1.83. The summed E-state index contributed by atoms with van der Waals surface area (Å²) in [5.41, 5.74) is 5.91. The summed E-state index contributed by atoms with van der Waals surface area (Å²) in [6.45, 7) is 12.9. The van der Waals surface area contributed by atoms with Gasteiger partial charge in [-0.05, 0) is 83.7 Å². The number of benzene rings is 2. The van der Waals surface area contributed by atoms with Gasteiger partial charge in [0.15, 0.2) is 0 Å². The Morgan fingerprint density at radius 2 is 1.73 bits per heavy atom. The number of piperidine rings is 1. The quantitative estimate of drug-likeness (QED) is 0.582. The fourth-order valence-electron chi connectivity index (χ4n) is 5.07. The lowest BCUT2D eigenvalue weighted by molar-refractivity contribution is 0.0873. The third kappa shape index (κ3) is 4.12. The minimum atomic E-state index is -0.0106. The lowest BCUT2D eigenvalue weighted by Gasteiger charge is -2.46. The third-order valence-electron chi connectivity index (χ3n) is 5.98. The van der Waals surface area contributed by atoms with Crippen LogP contribution < -0.4 is 10.6 Å². The van der Waals surface area contributed by atoms with E-state index in [1.54, 1.807) is 0 Å². The number of fused-ring (bicyclic) bond motifs is 1. The van der Waals surface area contributed by atoms with Crippen molar-refractivity contribution in [1.82, 2.24) is 20.6 Å². The van der Waals surface area contributed by atoms with Gasteiger partial charge in [0.05, 0.1) is 11.0 Å². The Labute approximate surface area is 178 Å². The van der Waals surface area contributed by atoms with E-state index in [0.29, 0.717) is 5.56 Å². The van der Waals surface area contributed by atoms with Crippen molar-refractivity contribution in [3.8, 4) is 11.4 Å². The van der Waals surface area contributed by atoms with Crippen LogP contribution in [-0.4, -0.2) is 33.0 Å². The molecule has 0 unspecified atom stereocenters. The van der Waals surface area contributed by atoms with Gasteiger partial charge in [0.1, 0.15) is 5.82 Å². The number of H-pyrrole nitrogens is 1. The maximum Gasteiger partial charge on any atom is 0.251 e. The standard InChI is InChI=1S/C25H32N4O/c1-15-8-7-9-20-21(15)28-22(27-20)19-11-10-17(12-16(19)2)23(30)26-18-13-24(3,4)29-25(5,6)14-18/h7-12,18,29H,13-14H2,1-6H3,(H,26,30)(H,27,28). The van der Waals surface area contributed by atoms with Gasteiger partial charge >= 0.3 is 0 Å².